The lowest BCUT2D eigenvalue weighted by atomic mass is 10.4. The Balaban J connectivity index is 2.00. The molecule has 0 atom stereocenters. The molecule has 3 heterocycles. The molecule has 0 aliphatic carbocycles. The minimum atomic E-state index is 0.409. The van der Waals surface area contributed by atoms with Gasteiger partial charge < -0.3 is 4.57 Å². The average molecular weight is 296 g/mol. The highest BCUT2D eigenvalue weighted by atomic mass is 35.5. The standard InChI is InChI=1S/C12H14ClN5S/c1-8-11-12(17(2)16-8)18(9(7-13)15-11)5-3-10-14-4-6-19-10/h4,6H,3,5,7H2,1-2H3. The number of imidazole rings is 1. The van der Waals surface area contributed by atoms with Crippen molar-refractivity contribution in [1.29, 1.82) is 0 Å². The van der Waals surface area contributed by atoms with Crippen molar-refractivity contribution in [3.8, 4) is 0 Å². The predicted molar refractivity (Wildman–Crippen MR) is 76.6 cm³/mol. The summed E-state index contributed by atoms with van der Waals surface area (Å²) in [5.41, 5.74) is 2.92. The maximum Gasteiger partial charge on any atom is 0.158 e. The van der Waals surface area contributed by atoms with E-state index < -0.39 is 0 Å². The molecular formula is C12H14ClN5S. The smallest absolute Gasteiger partial charge is 0.158 e. The van der Waals surface area contributed by atoms with Crippen LogP contribution in [0.4, 0.5) is 0 Å². The van der Waals surface area contributed by atoms with Crippen LogP contribution in [0.5, 0.6) is 0 Å². The molecule has 0 unspecified atom stereocenters. The number of hydrogen-bond acceptors (Lipinski definition) is 4. The molecule has 0 N–H and O–H groups in total. The molecule has 0 aliphatic rings. The van der Waals surface area contributed by atoms with Crippen molar-refractivity contribution in [1.82, 2.24) is 24.3 Å². The fourth-order valence-electron chi connectivity index (χ4n) is 2.30. The lowest BCUT2D eigenvalue weighted by Gasteiger charge is -2.06. The summed E-state index contributed by atoms with van der Waals surface area (Å²) < 4.78 is 4.01. The minimum absolute atomic E-state index is 0.409. The van der Waals surface area contributed by atoms with Crippen molar-refractivity contribution < 1.29 is 0 Å². The first-order valence-electron chi connectivity index (χ1n) is 6.03. The molecule has 100 valence electrons. The summed E-state index contributed by atoms with van der Waals surface area (Å²) in [6, 6.07) is 0. The lowest BCUT2D eigenvalue weighted by molar-refractivity contribution is 0.649. The van der Waals surface area contributed by atoms with Gasteiger partial charge >= 0.3 is 0 Å². The van der Waals surface area contributed by atoms with Crippen molar-refractivity contribution in [2.75, 3.05) is 0 Å². The van der Waals surface area contributed by atoms with E-state index in [2.05, 4.69) is 19.6 Å². The van der Waals surface area contributed by atoms with Gasteiger partial charge in [-0.05, 0) is 6.92 Å². The van der Waals surface area contributed by atoms with E-state index in [4.69, 9.17) is 11.6 Å². The molecule has 3 rings (SSSR count). The van der Waals surface area contributed by atoms with Crippen LogP contribution in [0.3, 0.4) is 0 Å². The van der Waals surface area contributed by atoms with Crippen LogP contribution in [0.25, 0.3) is 11.2 Å². The summed E-state index contributed by atoms with van der Waals surface area (Å²) in [7, 11) is 1.94. The molecule has 0 amide bonds. The van der Waals surface area contributed by atoms with Gasteiger partial charge in [0.15, 0.2) is 5.65 Å². The highest BCUT2D eigenvalue weighted by Crippen LogP contribution is 2.21. The summed E-state index contributed by atoms with van der Waals surface area (Å²) in [6.07, 6.45) is 2.72. The van der Waals surface area contributed by atoms with Crippen LogP contribution < -0.4 is 0 Å². The third-order valence-corrected chi connectivity index (χ3v) is 4.20. The molecule has 7 heteroatoms. The van der Waals surface area contributed by atoms with Crippen LogP contribution in [0, 0.1) is 6.92 Å². The van der Waals surface area contributed by atoms with E-state index in [1.165, 1.54) is 0 Å². The van der Waals surface area contributed by atoms with Gasteiger partial charge in [0, 0.05) is 31.6 Å². The molecule has 0 aliphatic heterocycles. The molecule has 0 aromatic carbocycles. The van der Waals surface area contributed by atoms with Gasteiger partial charge in [-0.3, -0.25) is 4.68 Å². The van der Waals surface area contributed by atoms with Gasteiger partial charge in [0.05, 0.1) is 16.6 Å². The van der Waals surface area contributed by atoms with Gasteiger partial charge in [0.25, 0.3) is 0 Å². The molecule has 3 aromatic heterocycles. The van der Waals surface area contributed by atoms with Gasteiger partial charge in [-0.2, -0.15) is 5.10 Å². The Morgan fingerprint density at radius 2 is 2.26 bits per heavy atom. The summed E-state index contributed by atoms with van der Waals surface area (Å²) in [4.78, 5) is 8.89. The molecule has 0 fully saturated rings. The second-order valence-electron chi connectivity index (χ2n) is 4.37. The van der Waals surface area contributed by atoms with Crippen LogP contribution in [-0.4, -0.2) is 24.3 Å². The predicted octanol–water partition coefficient (Wildman–Crippen LogP) is 2.52. The molecular weight excluding hydrogens is 282 g/mol. The van der Waals surface area contributed by atoms with E-state index in [9.17, 15) is 0 Å². The van der Waals surface area contributed by atoms with E-state index in [0.717, 1.165) is 40.7 Å². The minimum Gasteiger partial charge on any atom is -0.311 e. The number of hydrogen-bond donors (Lipinski definition) is 0. The zero-order valence-corrected chi connectivity index (χ0v) is 12.4. The first kappa shape index (κ1) is 12.6. The Kier molecular flexibility index (Phi) is 3.28. The second kappa shape index (κ2) is 4.94. The zero-order valence-electron chi connectivity index (χ0n) is 10.8. The number of alkyl halides is 1. The zero-order chi connectivity index (χ0) is 13.4. The quantitative estimate of drug-likeness (QED) is 0.695. The van der Waals surface area contributed by atoms with E-state index in [-0.39, 0.29) is 0 Å². The van der Waals surface area contributed by atoms with Crippen molar-refractivity contribution in [3.63, 3.8) is 0 Å². The van der Waals surface area contributed by atoms with E-state index in [1.807, 2.05) is 30.2 Å². The Labute approximate surface area is 119 Å². The third-order valence-electron chi connectivity index (χ3n) is 3.12. The van der Waals surface area contributed by atoms with Crippen LogP contribution in [0.1, 0.15) is 16.5 Å². The first-order valence-corrected chi connectivity index (χ1v) is 7.45. The number of aromatic nitrogens is 5. The van der Waals surface area contributed by atoms with Crippen LogP contribution in [0.2, 0.25) is 0 Å². The summed E-state index contributed by atoms with van der Waals surface area (Å²) in [5, 5.41) is 7.53. The SMILES string of the molecule is Cc1nn(C)c2c1nc(CCl)n2CCc1nccs1. The number of rotatable bonds is 4. The number of aryl methyl sites for hydroxylation is 4. The van der Waals surface area contributed by atoms with Crippen molar-refractivity contribution in [2.24, 2.45) is 7.05 Å². The maximum absolute atomic E-state index is 6.00. The van der Waals surface area contributed by atoms with Crippen LogP contribution in [0.15, 0.2) is 11.6 Å². The van der Waals surface area contributed by atoms with Crippen LogP contribution >= 0.6 is 22.9 Å². The molecule has 0 saturated heterocycles. The monoisotopic (exact) mass is 295 g/mol. The van der Waals surface area contributed by atoms with Gasteiger partial charge in [-0.15, -0.1) is 22.9 Å². The fraction of sp³-hybridized carbons (Fsp3) is 0.417. The van der Waals surface area contributed by atoms with Gasteiger partial charge in [0.1, 0.15) is 11.3 Å². The van der Waals surface area contributed by atoms with Gasteiger partial charge in [0.2, 0.25) is 0 Å². The fourth-order valence-corrected chi connectivity index (χ4v) is 3.11. The van der Waals surface area contributed by atoms with Crippen molar-refractivity contribution in [2.45, 2.75) is 25.8 Å². The highest BCUT2D eigenvalue weighted by Gasteiger charge is 2.16. The Morgan fingerprint density at radius 3 is 2.95 bits per heavy atom. The Hall–Kier alpha value is -1.40. The number of nitrogens with zero attached hydrogens (tertiary/aromatic N) is 5. The molecule has 5 nitrogen and oxygen atoms in total. The molecule has 0 saturated carbocycles. The van der Waals surface area contributed by atoms with Crippen molar-refractivity contribution in [3.05, 3.63) is 28.1 Å². The number of halogens is 1. The molecule has 0 spiro atoms. The number of thiazole rings is 1. The molecule has 19 heavy (non-hydrogen) atoms. The van der Waals surface area contributed by atoms with E-state index >= 15 is 0 Å². The molecule has 0 bridgehead atoms. The average Bonchev–Trinajstić information content (AvgIpc) is 3.07. The molecule has 0 radical (unpaired) electrons. The summed E-state index contributed by atoms with van der Waals surface area (Å²) >= 11 is 7.67. The summed E-state index contributed by atoms with van der Waals surface area (Å²) in [6.45, 7) is 2.80. The number of fused-ring (bicyclic) bond motifs is 1. The topological polar surface area (TPSA) is 48.5 Å². The second-order valence-corrected chi connectivity index (χ2v) is 5.62. The van der Waals surface area contributed by atoms with Gasteiger partial charge in [-0.1, -0.05) is 0 Å². The first-order chi connectivity index (χ1) is 9.20. The van der Waals surface area contributed by atoms with E-state index in [0.29, 0.717) is 5.88 Å². The lowest BCUT2D eigenvalue weighted by Crippen LogP contribution is -2.08. The third kappa shape index (κ3) is 2.15. The molecule has 3 aromatic rings. The maximum atomic E-state index is 6.00. The normalized spacial score (nSPS) is 11.5. The largest absolute Gasteiger partial charge is 0.311 e. The highest BCUT2D eigenvalue weighted by molar-refractivity contribution is 7.09. The summed E-state index contributed by atoms with van der Waals surface area (Å²) in [5.74, 6) is 1.30. The van der Waals surface area contributed by atoms with E-state index in [1.54, 1.807) is 11.3 Å². The van der Waals surface area contributed by atoms with Gasteiger partial charge in [-0.25, -0.2) is 9.97 Å². The van der Waals surface area contributed by atoms with Crippen molar-refractivity contribution >= 4 is 34.1 Å². The van der Waals surface area contributed by atoms with Crippen LogP contribution in [-0.2, 0) is 25.9 Å². The Bertz CT molecular complexity index is 697. The Morgan fingerprint density at radius 1 is 1.42 bits per heavy atom.